The van der Waals surface area contributed by atoms with Crippen molar-refractivity contribution in [3.05, 3.63) is 35.7 Å². The van der Waals surface area contributed by atoms with Crippen molar-refractivity contribution in [3.63, 3.8) is 0 Å². The summed E-state index contributed by atoms with van der Waals surface area (Å²) in [4.78, 5) is 38.3. The smallest absolute Gasteiger partial charge is 0.280 e. The average Bonchev–Trinajstić information content (AvgIpc) is 3.12. The van der Waals surface area contributed by atoms with Crippen molar-refractivity contribution < 1.29 is 14.4 Å². The molecular formula is C18H20ClN3O3S2. The van der Waals surface area contributed by atoms with Crippen LogP contribution in [0.2, 0.25) is 0 Å². The van der Waals surface area contributed by atoms with E-state index in [9.17, 15) is 14.4 Å². The number of amides is 2. The molecule has 2 N–H and O–H groups in total. The van der Waals surface area contributed by atoms with Gasteiger partial charge in [-0.15, -0.1) is 11.3 Å². The van der Waals surface area contributed by atoms with Crippen molar-refractivity contribution in [2.24, 2.45) is 0 Å². The number of rotatable bonds is 10. The second-order valence-electron chi connectivity index (χ2n) is 5.64. The van der Waals surface area contributed by atoms with Gasteiger partial charge < -0.3 is 10.6 Å². The molecule has 1 aromatic carbocycles. The quantitative estimate of drug-likeness (QED) is 0.431. The molecule has 0 atom stereocenters. The summed E-state index contributed by atoms with van der Waals surface area (Å²) in [7, 11) is 0. The lowest BCUT2D eigenvalue weighted by Crippen LogP contribution is -2.26. The molecule has 9 heteroatoms. The molecule has 0 radical (unpaired) electrons. The van der Waals surface area contributed by atoms with Gasteiger partial charge in [-0.1, -0.05) is 48.5 Å². The van der Waals surface area contributed by atoms with Crippen molar-refractivity contribution in [2.75, 3.05) is 17.6 Å². The first-order chi connectivity index (χ1) is 13.0. The second-order valence-corrected chi connectivity index (χ2v) is 8.01. The van der Waals surface area contributed by atoms with E-state index in [-0.39, 0.29) is 17.6 Å². The fraction of sp³-hybridized carbons (Fsp3) is 0.333. The molecule has 27 heavy (non-hydrogen) atoms. The summed E-state index contributed by atoms with van der Waals surface area (Å²) in [5, 5.41) is 8.04. The highest BCUT2D eigenvalue weighted by atomic mass is 35.5. The van der Waals surface area contributed by atoms with Gasteiger partial charge in [0.05, 0.1) is 11.4 Å². The highest BCUT2D eigenvalue weighted by Gasteiger charge is 2.08. The fourth-order valence-corrected chi connectivity index (χ4v) is 3.49. The first-order valence-corrected chi connectivity index (χ1v) is 10.7. The topological polar surface area (TPSA) is 88.2 Å². The third kappa shape index (κ3) is 8.55. The van der Waals surface area contributed by atoms with Crippen LogP contribution in [-0.2, 0) is 9.59 Å². The number of carbonyl (C=O) groups is 3. The molecule has 2 rings (SSSR count). The van der Waals surface area contributed by atoms with E-state index in [1.165, 1.54) is 11.3 Å². The van der Waals surface area contributed by atoms with Crippen LogP contribution in [0.25, 0.3) is 11.3 Å². The van der Waals surface area contributed by atoms with Crippen molar-refractivity contribution in [3.8, 4) is 11.3 Å². The fourth-order valence-electron chi connectivity index (χ4n) is 2.24. The molecule has 1 aromatic heterocycles. The molecular weight excluding hydrogens is 406 g/mol. The van der Waals surface area contributed by atoms with E-state index in [4.69, 9.17) is 11.6 Å². The lowest BCUT2D eigenvalue weighted by Gasteiger charge is -2.04. The largest absolute Gasteiger partial charge is 0.355 e. The first kappa shape index (κ1) is 21.4. The van der Waals surface area contributed by atoms with Crippen LogP contribution in [0.4, 0.5) is 9.93 Å². The van der Waals surface area contributed by atoms with Crippen LogP contribution in [0.15, 0.2) is 35.7 Å². The maximum Gasteiger partial charge on any atom is 0.280 e. The number of thioether (sulfide) groups is 1. The number of anilines is 1. The number of halogens is 1. The monoisotopic (exact) mass is 425 g/mol. The molecule has 2 aromatic rings. The maximum absolute atomic E-state index is 12.0. The third-order valence-corrected chi connectivity index (χ3v) is 5.26. The number of hydrogen-bond donors (Lipinski definition) is 2. The van der Waals surface area contributed by atoms with Crippen LogP contribution in [0.1, 0.15) is 25.7 Å². The van der Waals surface area contributed by atoms with Gasteiger partial charge in [0.1, 0.15) is 0 Å². The SMILES string of the molecule is O=C(CSC(=O)Cl)NCCCCCC(=O)Nc1nc(-c2ccccc2)cs1. The van der Waals surface area contributed by atoms with E-state index in [1.807, 2.05) is 35.7 Å². The first-order valence-electron chi connectivity index (χ1n) is 8.44. The lowest BCUT2D eigenvalue weighted by molar-refractivity contribution is -0.118. The van der Waals surface area contributed by atoms with Gasteiger partial charge >= 0.3 is 0 Å². The molecule has 0 aliphatic carbocycles. The Morgan fingerprint density at radius 2 is 1.85 bits per heavy atom. The van der Waals surface area contributed by atoms with E-state index in [0.29, 0.717) is 18.1 Å². The minimum atomic E-state index is -0.590. The average molecular weight is 426 g/mol. The number of benzene rings is 1. The molecule has 0 spiro atoms. The summed E-state index contributed by atoms with van der Waals surface area (Å²) in [5.74, 6) is -0.251. The summed E-state index contributed by atoms with van der Waals surface area (Å²) in [5.41, 5.74) is 1.87. The normalized spacial score (nSPS) is 10.4. The number of carbonyl (C=O) groups excluding carboxylic acids is 3. The maximum atomic E-state index is 12.0. The predicted octanol–water partition coefficient (Wildman–Crippen LogP) is 4.52. The van der Waals surface area contributed by atoms with Crippen molar-refractivity contribution >= 4 is 56.2 Å². The molecule has 0 bridgehead atoms. The van der Waals surface area contributed by atoms with E-state index in [2.05, 4.69) is 15.6 Å². The summed E-state index contributed by atoms with van der Waals surface area (Å²) in [6.45, 7) is 0.518. The molecule has 6 nitrogen and oxygen atoms in total. The van der Waals surface area contributed by atoms with Gasteiger partial charge in [-0.05, 0) is 24.4 Å². The van der Waals surface area contributed by atoms with E-state index in [0.717, 1.165) is 42.3 Å². The Kier molecular flexibility index (Phi) is 9.30. The van der Waals surface area contributed by atoms with Gasteiger partial charge in [-0.2, -0.15) is 0 Å². The summed E-state index contributed by atoms with van der Waals surface area (Å²) >= 11 is 7.32. The number of aromatic nitrogens is 1. The van der Waals surface area contributed by atoms with E-state index >= 15 is 0 Å². The Labute approximate surface area is 171 Å². The minimum absolute atomic E-state index is 0.0313. The Morgan fingerprint density at radius 1 is 1.07 bits per heavy atom. The third-order valence-electron chi connectivity index (χ3n) is 3.54. The van der Waals surface area contributed by atoms with Gasteiger partial charge in [-0.25, -0.2) is 4.98 Å². The molecule has 0 unspecified atom stereocenters. The zero-order valence-electron chi connectivity index (χ0n) is 14.6. The van der Waals surface area contributed by atoms with Gasteiger partial charge in [0.25, 0.3) is 4.57 Å². The summed E-state index contributed by atoms with van der Waals surface area (Å²) in [6.07, 6.45) is 2.73. The van der Waals surface area contributed by atoms with Gasteiger partial charge in [-0.3, -0.25) is 14.4 Å². The number of unbranched alkanes of at least 4 members (excludes halogenated alkanes) is 2. The highest BCUT2D eigenvalue weighted by molar-refractivity contribution is 8.16. The second kappa shape index (κ2) is 11.7. The molecule has 144 valence electrons. The van der Waals surface area contributed by atoms with Crippen LogP contribution in [0, 0.1) is 0 Å². The number of nitrogens with one attached hydrogen (secondary N) is 2. The van der Waals surface area contributed by atoms with Gasteiger partial charge in [0.2, 0.25) is 11.8 Å². The van der Waals surface area contributed by atoms with Crippen LogP contribution in [-0.4, -0.2) is 33.7 Å². The Morgan fingerprint density at radius 3 is 2.59 bits per heavy atom. The number of hydrogen-bond acceptors (Lipinski definition) is 6. The Bertz CT molecular complexity index is 768. The molecule has 0 fully saturated rings. The van der Waals surface area contributed by atoms with Crippen molar-refractivity contribution in [1.82, 2.24) is 10.3 Å². The summed E-state index contributed by atoms with van der Waals surface area (Å²) in [6, 6.07) is 9.80. The zero-order chi connectivity index (χ0) is 19.5. The molecule has 1 heterocycles. The highest BCUT2D eigenvalue weighted by Crippen LogP contribution is 2.24. The number of nitrogens with zero attached hydrogens (tertiary/aromatic N) is 1. The lowest BCUT2D eigenvalue weighted by atomic mass is 10.2. The molecule has 0 saturated carbocycles. The Balaban J connectivity index is 1.58. The van der Waals surface area contributed by atoms with Gasteiger partial charge in [0, 0.05) is 23.9 Å². The molecule has 0 aliphatic rings. The molecule has 0 aliphatic heterocycles. The van der Waals surface area contributed by atoms with Crippen molar-refractivity contribution in [1.29, 1.82) is 0 Å². The van der Waals surface area contributed by atoms with Crippen LogP contribution in [0.5, 0.6) is 0 Å². The van der Waals surface area contributed by atoms with Crippen LogP contribution < -0.4 is 10.6 Å². The van der Waals surface area contributed by atoms with Crippen LogP contribution >= 0.6 is 34.7 Å². The minimum Gasteiger partial charge on any atom is -0.355 e. The zero-order valence-corrected chi connectivity index (χ0v) is 17.0. The summed E-state index contributed by atoms with van der Waals surface area (Å²) < 4.78 is -0.590. The molecule has 2 amide bonds. The van der Waals surface area contributed by atoms with Crippen LogP contribution in [0.3, 0.4) is 0 Å². The van der Waals surface area contributed by atoms with E-state index in [1.54, 1.807) is 0 Å². The van der Waals surface area contributed by atoms with Gasteiger partial charge in [0.15, 0.2) is 5.13 Å². The van der Waals surface area contributed by atoms with E-state index < -0.39 is 4.57 Å². The van der Waals surface area contributed by atoms with Crippen molar-refractivity contribution in [2.45, 2.75) is 25.7 Å². The Hall–Kier alpha value is -1.90. The predicted molar refractivity (Wildman–Crippen MR) is 111 cm³/mol. The molecule has 0 saturated heterocycles. The number of thiazole rings is 1. The standard InChI is InChI=1S/C18H20ClN3O3S2/c19-17(25)26-12-16(24)20-10-6-2-5-9-15(23)22-18-21-14(11-27-18)13-7-3-1-4-8-13/h1,3-4,7-8,11H,2,5-6,9-10,12H2,(H,20,24)(H,21,22,23).